The predicted molar refractivity (Wildman–Crippen MR) is 82.5 cm³/mol. The first-order chi connectivity index (χ1) is 10.1. The molecule has 0 aliphatic heterocycles. The highest BCUT2D eigenvalue weighted by Crippen LogP contribution is 2.34. The van der Waals surface area contributed by atoms with Crippen LogP contribution in [0.5, 0.6) is 0 Å². The van der Waals surface area contributed by atoms with E-state index in [2.05, 4.69) is 5.16 Å². The summed E-state index contributed by atoms with van der Waals surface area (Å²) in [4.78, 5) is 0. The van der Waals surface area contributed by atoms with E-state index in [1.54, 1.807) is 18.4 Å². The molecule has 0 amide bonds. The third-order valence-corrected chi connectivity index (χ3v) is 3.92. The number of nitrogens with two attached hydrogens (primary N) is 1. The van der Waals surface area contributed by atoms with Gasteiger partial charge in [0.2, 0.25) is 5.88 Å². The van der Waals surface area contributed by atoms with Gasteiger partial charge in [0.15, 0.2) is 0 Å². The zero-order valence-corrected chi connectivity index (χ0v) is 12.5. The Labute approximate surface area is 131 Å². The quantitative estimate of drug-likeness (QED) is 0.761. The molecule has 108 valence electrons. The maximum Gasteiger partial charge on any atom is 0.230 e. The number of nitrogen functional groups attached to an aromatic ring is 1. The van der Waals surface area contributed by atoms with Crippen LogP contribution < -0.4 is 5.73 Å². The van der Waals surface area contributed by atoms with Crippen LogP contribution in [0.25, 0.3) is 11.1 Å². The summed E-state index contributed by atoms with van der Waals surface area (Å²) in [5.74, 6) is 1.15. The molecule has 2 aromatic heterocycles. The molecule has 6 heteroatoms. The first-order valence-corrected chi connectivity index (χ1v) is 7.12. The van der Waals surface area contributed by atoms with Gasteiger partial charge < -0.3 is 14.7 Å². The molecule has 3 rings (SSSR count). The van der Waals surface area contributed by atoms with E-state index in [0.29, 0.717) is 22.9 Å². The van der Waals surface area contributed by atoms with Crippen LogP contribution in [0.1, 0.15) is 11.5 Å². The predicted octanol–water partition coefficient (Wildman–Crippen LogP) is 4.61. The van der Waals surface area contributed by atoms with Gasteiger partial charge >= 0.3 is 0 Å². The van der Waals surface area contributed by atoms with E-state index in [4.69, 9.17) is 37.9 Å². The van der Waals surface area contributed by atoms with Crippen LogP contribution >= 0.6 is 23.2 Å². The van der Waals surface area contributed by atoms with E-state index < -0.39 is 0 Å². The second-order valence-corrected chi connectivity index (χ2v) is 5.39. The maximum atomic E-state index is 6.05. The van der Waals surface area contributed by atoms with Crippen molar-refractivity contribution in [2.75, 3.05) is 5.73 Å². The number of aryl methyl sites for hydroxylation is 2. The van der Waals surface area contributed by atoms with Gasteiger partial charge in [-0.05, 0) is 29.8 Å². The molecule has 0 spiro atoms. The number of furan rings is 1. The van der Waals surface area contributed by atoms with Gasteiger partial charge in [0.25, 0.3) is 0 Å². The number of hydrogen-bond acceptors (Lipinski definition) is 4. The Bertz CT molecular complexity index is 751. The lowest BCUT2D eigenvalue weighted by molar-refractivity contribution is 0.425. The van der Waals surface area contributed by atoms with Crippen LogP contribution in [0.15, 0.2) is 45.5 Å². The molecule has 0 saturated heterocycles. The summed E-state index contributed by atoms with van der Waals surface area (Å²) in [5, 5.41) is 4.98. The number of rotatable bonds is 4. The second kappa shape index (κ2) is 5.84. The average Bonchev–Trinajstić information content (AvgIpc) is 3.09. The van der Waals surface area contributed by atoms with Crippen molar-refractivity contribution in [1.29, 1.82) is 0 Å². The van der Waals surface area contributed by atoms with Gasteiger partial charge in [0, 0.05) is 12.8 Å². The molecule has 3 aromatic rings. The Morgan fingerprint density at radius 3 is 2.67 bits per heavy atom. The summed E-state index contributed by atoms with van der Waals surface area (Å²) in [6, 6.07) is 9.09. The average molecular weight is 323 g/mol. The van der Waals surface area contributed by atoms with Crippen molar-refractivity contribution < 1.29 is 8.94 Å². The highest BCUT2D eigenvalue weighted by molar-refractivity contribution is 6.42. The largest absolute Gasteiger partial charge is 0.469 e. The first-order valence-electron chi connectivity index (χ1n) is 6.37. The highest BCUT2D eigenvalue weighted by Gasteiger charge is 2.17. The van der Waals surface area contributed by atoms with E-state index in [9.17, 15) is 0 Å². The van der Waals surface area contributed by atoms with Gasteiger partial charge in [-0.2, -0.15) is 0 Å². The van der Waals surface area contributed by atoms with Crippen LogP contribution in [0.3, 0.4) is 0 Å². The lowest BCUT2D eigenvalue weighted by atomic mass is 10.0. The van der Waals surface area contributed by atoms with E-state index >= 15 is 0 Å². The Morgan fingerprint density at radius 1 is 1.10 bits per heavy atom. The molecule has 0 aliphatic carbocycles. The molecule has 0 fully saturated rings. The number of benzene rings is 1. The summed E-state index contributed by atoms with van der Waals surface area (Å²) in [7, 11) is 0. The molecule has 0 unspecified atom stereocenters. The van der Waals surface area contributed by atoms with Crippen molar-refractivity contribution in [2.24, 2.45) is 0 Å². The standard InChI is InChI=1S/C15H12Cl2N2O2/c16-11-5-3-9(8-12(11)17)14-13(19-21-15(14)18)6-4-10-2-1-7-20-10/h1-3,5,7-8H,4,6,18H2. The summed E-state index contributed by atoms with van der Waals surface area (Å²) >= 11 is 12.0. The summed E-state index contributed by atoms with van der Waals surface area (Å²) in [6.07, 6.45) is 3.02. The molecule has 4 nitrogen and oxygen atoms in total. The second-order valence-electron chi connectivity index (χ2n) is 4.58. The number of hydrogen-bond donors (Lipinski definition) is 1. The molecular weight excluding hydrogens is 311 g/mol. The van der Waals surface area contributed by atoms with Crippen molar-refractivity contribution in [3.63, 3.8) is 0 Å². The van der Waals surface area contributed by atoms with Gasteiger partial charge in [0.1, 0.15) is 5.76 Å². The van der Waals surface area contributed by atoms with Crippen molar-refractivity contribution in [3.8, 4) is 11.1 Å². The molecule has 21 heavy (non-hydrogen) atoms. The lowest BCUT2D eigenvalue weighted by Gasteiger charge is -2.04. The molecule has 2 N–H and O–H groups in total. The van der Waals surface area contributed by atoms with Crippen molar-refractivity contribution in [3.05, 3.63) is 58.1 Å². The molecule has 0 saturated carbocycles. The molecular formula is C15H12Cl2N2O2. The Morgan fingerprint density at radius 2 is 1.95 bits per heavy atom. The minimum Gasteiger partial charge on any atom is -0.469 e. The summed E-state index contributed by atoms with van der Waals surface area (Å²) < 4.78 is 10.4. The number of halogens is 2. The van der Waals surface area contributed by atoms with Crippen LogP contribution in [0, 0.1) is 0 Å². The molecule has 0 aliphatic rings. The van der Waals surface area contributed by atoms with Gasteiger partial charge in [-0.1, -0.05) is 34.4 Å². The topological polar surface area (TPSA) is 65.2 Å². The third kappa shape index (κ3) is 2.91. The Hall–Kier alpha value is -1.91. The number of anilines is 1. The molecule has 1 aromatic carbocycles. The fourth-order valence-corrected chi connectivity index (χ4v) is 2.46. The molecule has 0 bridgehead atoms. The minimum atomic E-state index is 0.267. The van der Waals surface area contributed by atoms with Gasteiger partial charge in [-0.25, -0.2) is 0 Å². The van der Waals surface area contributed by atoms with E-state index in [1.807, 2.05) is 18.2 Å². The Kier molecular flexibility index (Phi) is 3.90. The van der Waals surface area contributed by atoms with E-state index in [-0.39, 0.29) is 5.88 Å². The molecule has 0 atom stereocenters. The lowest BCUT2D eigenvalue weighted by Crippen LogP contribution is -1.94. The Balaban J connectivity index is 1.91. The number of nitrogens with zero attached hydrogens (tertiary/aromatic N) is 1. The smallest absolute Gasteiger partial charge is 0.230 e. The van der Waals surface area contributed by atoms with E-state index in [1.165, 1.54) is 0 Å². The van der Waals surface area contributed by atoms with Crippen LogP contribution in [0.4, 0.5) is 5.88 Å². The van der Waals surface area contributed by atoms with Gasteiger partial charge in [-0.3, -0.25) is 0 Å². The minimum absolute atomic E-state index is 0.267. The van der Waals surface area contributed by atoms with Crippen molar-refractivity contribution in [2.45, 2.75) is 12.8 Å². The maximum absolute atomic E-state index is 6.05. The monoisotopic (exact) mass is 322 g/mol. The fourth-order valence-electron chi connectivity index (χ4n) is 2.17. The van der Waals surface area contributed by atoms with Gasteiger partial charge in [-0.15, -0.1) is 0 Å². The van der Waals surface area contributed by atoms with Crippen LogP contribution in [-0.4, -0.2) is 5.16 Å². The van der Waals surface area contributed by atoms with Gasteiger partial charge in [0.05, 0.1) is 27.6 Å². The molecule has 0 radical (unpaired) electrons. The molecule has 2 heterocycles. The highest BCUT2D eigenvalue weighted by atomic mass is 35.5. The summed E-state index contributed by atoms with van der Waals surface area (Å²) in [6.45, 7) is 0. The zero-order valence-electron chi connectivity index (χ0n) is 11.0. The fraction of sp³-hybridized carbons (Fsp3) is 0.133. The van der Waals surface area contributed by atoms with Crippen molar-refractivity contribution in [1.82, 2.24) is 5.16 Å². The summed E-state index contributed by atoms with van der Waals surface area (Å²) in [5.41, 5.74) is 8.23. The van der Waals surface area contributed by atoms with Crippen LogP contribution in [0.2, 0.25) is 10.0 Å². The first kappa shape index (κ1) is 14.0. The van der Waals surface area contributed by atoms with Crippen LogP contribution in [-0.2, 0) is 12.8 Å². The zero-order chi connectivity index (χ0) is 14.8. The third-order valence-electron chi connectivity index (χ3n) is 3.19. The van der Waals surface area contributed by atoms with Crippen molar-refractivity contribution >= 4 is 29.1 Å². The number of aromatic nitrogens is 1. The normalized spacial score (nSPS) is 11.0. The SMILES string of the molecule is Nc1onc(CCc2ccco2)c1-c1ccc(Cl)c(Cl)c1. The van der Waals surface area contributed by atoms with E-state index in [0.717, 1.165) is 22.6 Å².